The summed E-state index contributed by atoms with van der Waals surface area (Å²) >= 11 is 0. The van der Waals surface area contributed by atoms with Crippen molar-refractivity contribution in [2.45, 2.75) is 39.2 Å². The van der Waals surface area contributed by atoms with Gasteiger partial charge in [0.2, 0.25) is 0 Å². The number of nitrogens with one attached hydrogen (secondary N) is 1. The van der Waals surface area contributed by atoms with Gasteiger partial charge in [-0.25, -0.2) is 4.79 Å². The van der Waals surface area contributed by atoms with E-state index in [0.29, 0.717) is 5.56 Å². The standard InChI is InChI=1S/C28H28N2O2/c1-28(2,3)32-27(31)24-16-15-21(14-13-20-9-5-4-6-10-20)17-25(24)30-26-19-29-18-22-11-7-8-12-23(22)26/h4-12,15-19,30H,13-14H2,1-3H3. The van der Waals surface area contributed by atoms with Crippen LogP contribution in [0.5, 0.6) is 0 Å². The first-order chi connectivity index (χ1) is 15.4. The number of benzene rings is 3. The highest BCUT2D eigenvalue weighted by atomic mass is 16.6. The lowest BCUT2D eigenvalue weighted by molar-refractivity contribution is 0.00707. The van der Waals surface area contributed by atoms with Gasteiger partial charge in [-0.1, -0.05) is 60.7 Å². The fourth-order valence-corrected chi connectivity index (χ4v) is 3.66. The van der Waals surface area contributed by atoms with Crippen molar-refractivity contribution < 1.29 is 9.53 Å². The predicted molar refractivity (Wildman–Crippen MR) is 130 cm³/mol. The molecule has 0 saturated carbocycles. The molecule has 0 saturated heterocycles. The van der Waals surface area contributed by atoms with E-state index in [4.69, 9.17) is 4.74 Å². The minimum absolute atomic E-state index is 0.345. The lowest BCUT2D eigenvalue weighted by Crippen LogP contribution is -2.24. The normalized spacial score (nSPS) is 11.3. The van der Waals surface area contributed by atoms with Crippen molar-refractivity contribution in [3.8, 4) is 0 Å². The third-order valence-corrected chi connectivity index (χ3v) is 5.19. The molecule has 0 aliphatic carbocycles. The molecule has 0 amide bonds. The molecule has 0 radical (unpaired) electrons. The molecule has 1 aromatic heterocycles. The van der Waals surface area contributed by atoms with Gasteiger partial charge in [0.25, 0.3) is 0 Å². The molecule has 0 bridgehead atoms. The summed E-state index contributed by atoms with van der Waals surface area (Å²) in [4.78, 5) is 17.3. The Morgan fingerprint density at radius 1 is 0.844 bits per heavy atom. The van der Waals surface area contributed by atoms with Crippen molar-refractivity contribution in [2.75, 3.05) is 5.32 Å². The SMILES string of the molecule is CC(C)(C)OC(=O)c1ccc(CCc2ccccc2)cc1Nc1cncc2ccccc12. The molecule has 0 unspecified atom stereocenters. The molecule has 0 aliphatic heterocycles. The molecule has 0 fully saturated rings. The summed E-state index contributed by atoms with van der Waals surface area (Å²) in [5.74, 6) is -0.345. The number of carbonyl (C=O) groups is 1. The van der Waals surface area contributed by atoms with Gasteiger partial charge < -0.3 is 10.1 Å². The molecule has 32 heavy (non-hydrogen) atoms. The summed E-state index contributed by atoms with van der Waals surface area (Å²) in [6, 6.07) is 24.4. The third kappa shape index (κ3) is 5.33. The van der Waals surface area contributed by atoms with E-state index in [2.05, 4.69) is 34.6 Å². The van der Waals surface area contributed by atoms with E-state index in [-0.39, 0.29) is 5.97 Å². The second kappa shape index (κ2) is 9.23. The topological polar surface area (TPSA) is 51.2 Å². The van der Waals surface area contributed by atoms with Crippen LogP contribution in [0.4, 0.5) is 11.4 Å². The monoisotopic (exact) mass is 424 g/mol. The summed E-state index contributed by atoms with van der Waals surface area (Å²) in [6.07, 6.45) is 5.44. The lowest BCUT2D eigenvalue weighted by atomic mass is 10.0. The Morgan fingerprint density at radius 2 is 1.56 bits per heavy atom. The first-order valence-corrected chi connectivity index (χ1v) is 10.9. The van der Waals surface area contributed by atoms with Crippen LogP contribution >= 0.6 is 0 Å². The average Bonchev–Trinajstić information content (AvgIpc) is 2.77. The Bertz CT molecular complexity index is 1220. The number of pyridine rings is 1. The lowest BCUT2D eigenvalue weighted by Gasteiger charge is -2.21. The molecule has 4 heteroatoms. The van der Waals surface area contributed by atoms with Crippen molar-refractivity contribution in [3.05, 3.63) is 102 Å². The van der Waals surface area contributed by atoms with Crippen LogP contribution in [0.1, 0.15) is 42.3 Å². The summed E-state index contributed by atoms with van der Waals surface area (Å²) in [7, 11) is 0. The number of ether oxygens (including phenoxy) is 1. The number of anilines is 2. The fraction of sp³-hybridized carbons (Fsp3) is 0.214. The largest absolute Gasteiger partial charge is 0.456 e. The Kier molecular flexibility index (Phi) is 6.22. The number of carbonyl (C=O) groups excluding carboxylic acids is 1. The van der Waals surface area contributed by atoms with Crippen molar-refractivity contribution in [1.82, 2.24) is 4.98 Å². The summed E-state index contributed by atoms with van der Waals surface area (Å²) in [5.41, 5.74) is 3.96. The van der Waals surface area contributed by atoms with Gasteiger partial charge in [-0.05, 0) is 56.9 Å². The van der Waals surface area contributed by atoms with Crippen LogP contribution in [0.3, 0.4) is 0 Å². The number of aromatic nitrogens is 1. The Morgan fingerprint density at radius 3 is 2.34 bits per heavy atom. The molecule has 162 valence electrons. The van der Waals surface area contributed by atoms with Gasteiger partial charge >= 0.3 is 5.97 Å². The van der Waals surface area contributed by atoms with Crippen molar-refractivity contribution >= 4 is 28.1 Å². The van der Waals surface area contributed by atoms with Gasteiger partial charge in [0, 0.05) is 17.0 Å². The zero-order chi connectivity index (χ0) is 22.6. The Balaban J connectivity index is 1.68. The van der Waals surface area contributed by atoms with Crippen molar-refractivity contribution in [3.63, 3.8) is 0 Å². The van der Waals surface area contributed by atoms with E-state index in [1.165, 1.54) is 5.56 Å². The van der Waals surface area contributed by atoms with E-state index < -0.39 is 5.60 Å². The molecule has 4 nitrogen and oxygen atoms in total. The van der Waals surface area contributed by atoms with Crippen LogP contribution in [0.2, 0.25) is 0 Å². The Hall–Kier alpha value is -3.66. The minimum Gasteiger partial charge on any atom is -0.456 e. The van der Waals surface area contributed by atoms with Gasteiger partial charge in [0.15, 0.2) is 0 Å². The van der Waals surface area contributed by atoms with Crippen LogP contribution in [0.15, 0.2) is 85.2 Å². The molecule has 1 heterocycles. The van der Waals surface area contributed by atoms with Gasteiger partial charge in [-0.2, -0.15) is 0 Å². The van der Waals surface area contributed by atoms with Crippen LogP contribution in [0, 0.1) is 0 Å². The van der Waals surface area contributed by atoms with Crippen LogP contribution in [0.25, 0.3) is 10.8 Å². The van der Waals surface area contributed by atoms with Gasteiger partial charge in [0.1, 0.15) is 5.60 Å². The van der Waals surface area contributed by atoms with E-state index in [9.17, 15) is 4.79 Å². The highest BCUT2D eigenvalue weighted by molar-refractivity contribution is 6.00. The number of rotatable bonds is 6. The predicted octanol–water partition coefficient (Wildman–Crippen LogP) is 6.72. The average molecular weight is 425 g/mol. The maximum atomic E-state index is 12.9. The first-order valence-electron chi connectivity index (χ1n) is 10.9. The van der Waals surface area contributed by atoms with E-state index in [1.54, 1.807) is 6.20 Å². The smallest absolute Gasteiger partial charge is 0.340 e. The van der Waals surface area contributed by atoms with Gasteiger partial charge in [-0.3, -0.25) is 4.98 Å². The second-order valence-corrected chi connectivity index (χ2v) is 8.90. The third-order valence-electron chi connectivity index (χ3n) is 5.19. The van der Waals surface area contributed by atoms with E-state index in [1.807, 2.05) is 75.5 Å². The van der Waals surface area contributed by atoms with Crippen LogP contribution < -0.4 is 5.32 Å². The molecule has 4 rings (SSSR count). The van der Waals surface area contributed by atoms with Crippen molar-refractivity contribution in [2.24, 2.45) is 0 Å². The zero-order valence-electron chi connectivity index (χ0n) is 18.8. The van der Waals surface area contributed by atoms with Gasteiger partial charge in [-0.15, -0.1) is 0 Å². The van der Waals surface area contributed by atoms with E-state index in [0.717, 1.165) is 40.6 Å². The fourth-order valence-electron chi connectivity index (χ4n) is 3.66. The van der Waals surface area contributed by atoms with E-state index >= 15 is 0 Å². The number of aryl methyl sites for hydroxylation is 2. The molecule has 3 aromatic carbocycles. The molecule has 0 spiro atoms. The molecule has 0 aliphatic rings. The summed E-state index contributed by atoms with van der Waals surface area (Å²) < 4.78 is 5.66. The molecule has 0 atom stereocenters. The number of hydrogen-bond acceptors (Lipinski definition) is 4. The molecule has 1 N–H and O–H groups in total. The maximum absolute atomic E-state index is 12.9. The highest BCUT2D eigenvalue weighted by Gasteiger charge is 2.21. The number of fused-ring (bicyclic) bond motifs is 1. The maximum Gasteiger partial charge on any atom is 0.340 e. The number of hydrogen-bond donors (Lipinski definition) is 1. The quantitative estimate of drug-likeness (QED) is 0.349. The first kappa shape index (κ1) is 21.6. The molecule has 4 aromatic rings. The second-order valence-electron chi connectivity index (χ2n) is 8.90. The van der Waals surface area contributed by atoms with Gasteiger partial charge in [0.05, 0.1) is 23.1 Å². The zero-order valence-corrected chi connectivity index (χ0v) is 18.8. The molecular weight excluding hydrogens is 396 g/mol. The molecular formula is C28H28N2O2. The van der Waals surface area contributed by atoms with Crippen LogP contribution in [-0.4, -0.2) is 16.6 Å². The Labute approximate surface area is 189 Å². The van der Waals surface area contributed by atoms with Crippen molar-refractivity contribution in [1.29, 1.82) is 0 Å². The highest BCUT2D eigenvalue weighted by Crippen LogP contribution is 2.29. The minimum atomic E-state index is -0.568. The van der Waals surface area contributed by atoms with Crippen LogP contribution in [-0.2, 0) is 17.6 Å². The summed E-state index contributed by atoms with van der Waals surface area (Å²) in [5, 5.41) is 5.54. The number of esters is 1. The summed E-state index contributed by atoms with van der Waals surface area (Å²) in [6.45, 7) is 5.63. The number of nitrogens with zero attached hydrogens (tertiary/aromatic N) is 1.